The zero-order chi connectivity index (χ0) is 17.6. The Labute approximate surface area is 142 Å². The van der Waals surface area contributed by atoms with E-state index in [-0.39, 0.29) is 23.8 Å². The SMILES string of the molecule is CC(C)(C)C(=O)N1CCC(=NOCC(=O)Nc2ccccc2)CC1. The molecular weight excluding hydrogens is 306 g/mol. The van der Waals surface area contributed by atoms with E-state index >= 15 is 0 Å². The van der Waals surface area contributed by atoms with E-state index in [0.29, 0.717) is 25.9 Å². The molecule has 1 fully saturated rings. The van der Waals surface area contributed by atoms with Crippen LogP contribution in [-0.4, -0.2) is 42.1 Å². The highest BCUT2D eigenvalue weighted by molar-refractivity contribution is 5.92. The second-order valence-corrected chi connectivity index (χ2v) is 6.89. The number of oxime groups is 1. The third-order valence-electron chi connectivity index (χ3n) is 3.72. The van der Waals surface area contributed by atoms with Crippen molar-refractivity contribution in [1.29, 1.82) is 0 Å². The van der Waals surface area contributed by atoms with Crippen LogP contribution in [0.25, 0.3) is 0 Å². The predicted octanol–water partition coefficient (Wildman–Crippen LogP) is 2.67. The van der Waals surface area contributed by atoms with Gasteiger partial charge in [0.15, 0.2) is 6.61 Å². The van der Waals surface area contributed by atoms with Crippen LogP contribution in [0.4, 0.5) is 5.69 Å². The Balaban J connectivity index is 1.73. The van der Waals surface area contributed by atoms with Crippen LogP contribution < -0.4 is 5.32 Å². The largest absolute Gasteiger partial charge is 0.386 e. The molecule has 1 N–H and O–H groups in total. The maximum atomic E-state index is 12.2. The molecule has 1 aliphatic rings. The molecule has 0 radical (unpaired) electrons. The van der Waals surface area contributed by atoms with E-state index in [1.54, 1.807) is 0 Å². The summed E-state index contributed by atoms with van der Waals surface area (Å²) in [5, 5.41) is 6.77. The van der Waals surface area contributed by atoms with Gasteiger partial charge in [0.2, 0.25) is 5.91 Å². The number of carbonyl (C=O) groups is 2. The molecule has 0 atom stereocenters. The number of piperidine rings is 1. The predicted molar refractivity (Wildman–Crippen MR) is 93.7 cm³/mol. The fourth-order valence-electron chi connectivity index (χ4n) is 2.43. The molecule has 0 unspecified atom stereocenters. The Morgan fingerprint density at radius 2 is 1.79 bits per heavy atom. The highest BCUT2D eigenvalue weighted by Gasteiger charge is 2.29. The molecule has 1 aromatic rings. The zero-order valence-corrected chi connectivity index (χ0v) is 14.5. The molecular formula is C18H25N3O3. The molecule has 2 rings (SSSR count). The van der Waals surface area contributed by atoms with Gasteiger partial charge in [0.1, 0.15) is 0 Å². The standard InChI is InChI=1S/C18H25N3O3/c1-18(2,3)17(23)21-11-9-15(10-12-21)20-24-13-16(22)19-14-7-5-4-6-8-14/h4-8H,9-13H2,1-3H3,(H,19,22). The van der Waals surface area contributed by atoms with Gasteiger partial charge in [-0.3, -0.25) is 9.59 Å². The molecule has 1 saturated heterocycles. The van der Waals surface area contributed by atoms with Gasteiger partial charge < -0.3 is 15.1 Å². The number of rotatable bonds is 4. The highest BCUT2D eigenvalue weighted by Crippen LogP contribution is 2.20. The first-order chi connectivity index (χ1) is 11.4. The van der Waals surface area contributed by atoms with Crippen LogP contribution in [0.5, 0.6) is 0 Å². The molecule has 1 aliphatic heterocycles. The Morgan fingerprint density at radius 1 is 1.17 bits per heavy atom. The van der Waals surface area contributed by atoms with Gasteiger partial charge in [-0.05, 0) is 12.1 Å². The molecule has 0 aromatic heterocycles. The zero-order valence-electron chi connectivity index (χ0n) is 14.5. The van der Waals surface area contributed by atoms with Crippen molar-refractivity contribution in [2.24, 2.45) is 10.6 Å². The first kappa shape index (κ1) is 18.0. The van der Waals surface area contributed by atoms with Crippen LogP contribution in [0, 0.1) is 5.41 Å². The molecule has 130 valence electrons. The number of anilines is 1. The number of likely N-dealkylation sites (tertiary alicyclic amines) is 1. The molecule has 0 bridgehead atoms. The summed E-state index contributed by atoms with van der Waals surface area (Å²) in [4.78, 5) is 31.0. The summed E-state index contributed by atoms with van der Waals surface area (Å²) in [5.41, 5.74) is 1.26. The number of hydrogen-bond acceptors (Lipinski definition) is 4. The fourth-order valence-corrected chi connectivity index (χ4v) is 2.43. The van der Waals surface area contributed by atoms with E-state index in [9.17, 15) is 9.59 Å². The molecule has 6 heteroatoms. The lowest BCUT2D eigenvalue weighted by atomic mass is 9.93. The van der Waals surface area contributed by atoms with Gasteiger partial charge in [-0.2, -0.15) is 0 Å². The van der Waals surface area contributed by atoms with Gasteiger partial charge in [0.25, 0.3) is 5.91 Å². The lowest BCUT2D eigenvalue weighted by Gasteiger charge is -2.32. The molecule has 0 spiro atoms. The van der Waals surface area contributed by atoms with E-state index in [0.717, 1.165) is 11.4 Å². The summed E-state index contributed by atoms with van der Waals surface area (Å²) in [5.74, 6) is -0.0874. The Hall–Kier alpha value is -2.37. The quantitative estimate of drug-likeness (QED) is 0.862. The number of carbonyl (C=O) groups excluding carboxylic acids is 2. The van der Waals surface area contributed by atoms with E-state index < -0.39 is 0 Å². The minimum Gasteiger partial charge on any atom is -0.386 e. The Kier molecular flexibility index (Phi) is 5.95. The molecule has 1 heterocycles. The van der Waals surface area contributed by atoms with Crippen LogP contribution >= 0.6 is 0 Å². The van der Waals surface area contributed by atoms with Crippen LogP contribution in [0.2, 0.25) is 0 Å². The third kappa shape index (κ3) is 5.37. The van der Waals surface area contributed by atoms with Crippen molar-refractivity contribution in [3.05, 3.63) is 30.3 Å². The van der Waals surface area contributed by atoms with Crippen molar-refractivity contribution in [3.8, 4) is 0 Å². The maximum absolute atomic E-state index is 12.2. The van der Waals surface area contributed by atoms with Gasteiger partial charge in [-0.1, -0.05) is 44.1 Å². The van der Waals surface area contributed by atoms with Crippen molar-refractivity contribution in [2.45, 2.75) is 33.6 Å². The van der Waals surface area contributed by atoms with Gasteiger partial charge in [0, 0.05) is 37.0 Å². The van der Waals surface area contributed by atoms with Crippen molar-refractivity contribution in [1.82, 2.24) is 4.90 Å². The summed E-state index contributed by atoms with van der Waals surface area (Å²) in [6.07, 6.45) is 1.37. The summed E-state index contributed by atoms with van der Waals surface area (Å²) in [6.45, 7) is 6.94. The summed E-state index contributed by atoms with van der Waals surface area (Å²) in [7, 11) is 0. The minimum absolute atomic E-state index is 0.122. The molecule has 24 heavy (non-hydrogen) atoms. The van der Waals surface area contributed by atoms with Crippen molar-refractivity contribution in [2.75, 3.05) is 25.0 Å². The average Bonchev–Trinajstić information content (AvgIpc) is 2.55. The molecule has 1 aromatic carbocycles. The van der Waals surface area contributed by atoms with Crippen molar-refractivity contribution < 1.29 is 14.4 Å². The topological polar surface area (TPSA) is 71.0 Å². The van der Waals surface area contributed by atoms with Crippen LogP contribution in [0.3, 0.4) is 0 Å². The van der Waals surface area contributed by atoms with Crippen molar-refractivity contribution in [3.63, 3.8) is 0 Å². The molecule has 6 nitrogen and oxygen atoms in total. The summed E-state index contributed by atoms with van der Waals surface area (Å²) < 4.78 is 0. The van der Waals surface area contributed by atoms with Gasteiger partial charge in [0.05, 0.1) is 5.71 Å². The molecule has 0 saturated carbocycles. The number of benzene rings is 1. The van der Waals surface area contributed by atoms with Crippen LogP contribution in [-0.2, 0) is 14.4 Å². The number of para-hydroxylation sites is 1. The lowest BCUT2D eigenvalue weighted by molar-refractivity contribution is -0.139. The molecule has 0 aliphatic carbocycles. The summed E-state index contributed by atoms with van der Waals surface area (Å²) >= 11 is 0. The highest BCUT2D eigenvalue weighted by atomic mass is 16.6. The van der Waals surface area contributed by atoms with E-state index in [4.69, 9.17) is 4.84 Å². The van der Waals surface area contributed by atoms with Gasteiger partial charge in [-0.15, -0.1) is 0 Å². The van der Waals surface area contributed by atoms with E-state index in [1.165, 1.54) is 0 Å². The van der Waals surface area contributed by atoms with Crippen LogP contribution in [0.15, 0.2) is 35.5 Å². The monoisotopic (exact) mass is 331 g/mol. The van der Waals surface area contributed by atoms with Crippen molar-refractivity contribution >= 4 is 23.2 Å². The first-order valence-electron chi connectivity index (χ1n) is 8.18. The summed E-state index contributed by atoms with van der Waals surface area (Å²) in [6, 6.07) is 9.21. The lowest BCUT2D eigenvalue weighted by Crippen LogP contribution is -2.44. The Morgan fingerprint density at radius 3 is 2.38 bits per heavy atom. The fraction of sp³-hybridized carbons (Fsp3) is 0.500. The van der Waals surface area contributed by atoms with Crippen LogP contribution in [0.1, 0.15) is 33.6 Å². The average molecular weight is 331 g/mol. The number of hydrogen-bond donors (Lipinski definition) is 1. The number of amides is 2. The maximum Gasteiger partial charge on any atom is 0.265 e. The Bertz CT molecular complexity index is 596. The smallest absolute Gasteiger partial charge is 0.265 e. The second kappa shape index (κ2) is 7.95. The normalized spacial score (nSPS) is 15.0. The van der Waals surface area contributed by atoms with Gasteiger partial charge >= 0.3 is 0 Å². The minimum atomic E-state index is -0.360. The van der Waals surface area contributed by atoms with Gasteiger partial charge in [-0.25, -0.2) is 0 Å². The van der Waals surface area contributed by atoms with E-state index in [1.807, 2.05) is 56.0 Å². The second-order valence-electron chi connectivity index (χ2n) is 6.89. The first-order valence-corrected chi connectivity index (χ1v) is 8.18. The number of nitrogens with zero attached hydrogens (tertiary/aromatic N) is 2. The molecule has 2 amide bonds. The third-order valence-corrected chi connectivity index (χ3v) is 3.72. The van der Waals surface area contributed by atoms with E-state index in [2.05, 4.69) is 10.5 Å². The number of nitrogens with one attached hydrogen (secondary N) is 1.